The third-order valence-corrected chi connectivity index (χ3v) is 23.9. The van der Waals surface area contributed by atoms with Crippen molar-refractivity contribution in [2.75, 3.05) is 0 Å². The first-order chi connectivity index (χ1) is 58.3. The number of hydrogen-bond donors (Lipinski definition) is 0. The fourth-order valence-corrected chi connectivity index (χ4v) is 17.8. The van der Waals surface area contributed by atoms with Crippen LogP contribution in [0.3, 0.4) is 0 Å². The largest absolute Gasteiger partial charge is 0.456 e. The monoisotopic (exact) mass is 1570 g/mol. The second kappa shape index (κ2) is 30.0. The molecule has 18 heteroatoms. The van der Waals surface area contributed by atoms with Gasteiger partial charge in [-0.25, -0.2) is 38.2 Å². The molecule has 0 aliphatic carbocycles. The lowest BCUT2D eigenvalue weighted by Gasteiger charge is -2.12. The SMILES string of the molecule is Cc1c(-c2nc3cccc(C)c3n2C)cccc1-c1cccc[n+]1C.Cc1c(-c2nc3ccccc3n2C)cc2oc3cnccc3c2c1-c1cccc[n+]1C.Cc1cc2c(cn1)oc1c(-c3cccc[n+]3C)c(C)c(-c3nc4ccccc4n3C)cc12.Cc1cc2oc3cc(-c4nc5ccccc5n4C)c(C)c(-c4cccc[n+]4C)c3c2cn1. The van der Waals surface area contributed by atoms with Gasteiger partial charge in [0, 0.05) is 167 Å². The van der Waals surface area contributed by atoms with E-state index in [1.54, 1.807) is 6.20 Å². The quantitative estimate of drug-likeness (QED) is 0.134. The fraction of sp³-hybridized carbons (Fsp3) is 0.147. The van der Waals surface area contributed by atoms with Gasteiger partial charge in [-0.1, -0.05) is 60.7 Å². The van der Waals surface area contributed by atoms with Gasteiger partial charge < -0.3 is 31.5 Å². The van der Waals surface area contributed by atoms with Gasteiger partial charge in [-0.05, 0) is 179 Å². The Balaban J connectivity index is 0.000000106. The zero-order chi connectivity index (χ0) is 82.6. The molecule has 0 radical (unpaired) electrons. The van der Waals surface area contributed by atoms with Crippen molar-refractivity contribution in [1.29, 1.82) is 0 Å². The second-order valence-corrected chi connectivity index (χ2v) is 31.4. The minimum Gasteiger partial charge on any atom is -0.456 e. The zero-order valence-electron chi connectivity index (χ0n) is 69.8. The Morgan fingerprint density at radius 3 is 1.26 bits per heavy atom. The minimum absolute atomic E-state index is 0.791. The Morgan fingerprint density at radius 2 is 0.725 bits per heavy atom. The normalized spacial score (nSPS) is 11.6. The van der Waals surface area contributed by atoms with Crippen LogP contribution >= 0.6 is 0 Å². The van der Waals surface area contributed by atoms with E-state index in [2.05, 4.69) is 325 Å². The lowest BCUT2D eigenvalue weighted by atomic mass is 9.93. The van der Waals surface area contributed by atoms with Gasteiger partial charge in [-0.15, -0.1) is 0 Å². The summed E-state index contributed by atoms with van der Waals surface area (Å²) in [5.41, 5.74) is 35.1. The van der Waals surface area contributed by atoms with Crippen LogP contribution in [-0.2, 0) is 56.4 Å². The van der Waals surface area contributed by atoms with Crippen LogP contribution in [0.4, 0.5) is 0 Å². The smallest absolute Gasteiger partial charge is 0.216 e. The molecule has 0 unspecified atom stereocenters. The minimum atomic E-state index is 0.791. The summed E-state index contributed by atoms with van der Waals surface area (Å²) in [5.74, 6) is 3.83. The number of fused-ring (bicyclic) bond motifs is 13. The zero-order valence-corrected chi connectivity index (χ0v) is 69.8. The molecule has 586 valence electrons. The van der Waals surface area contributed by atoms with E-state index in [0.29, 0.717) is 0 Å². The third-order valence-electron chi connectivity index (χ3n) is 23.9. The van der Waals surface area contributed by atoms with E-state index in [9.17, 15) is 0 Å². The van der Waals surface area contributed by atoms with E-state index in [-0.39, 0.29) is 0 Å². The van der Waals surface area contributed by atoms with Crippen molar-refractivity contribution in [2.45, 2.75) is 48.5 Å². The average Bonchev–Trinajstić information content (AvgIpc) is 1.57. The number of benzene rings is 8. The molecule has 0 spiro atoms. The summed E-state index contributed by atoms with van der Waals surface area (Å²) in [5, 5.41) is 6.46. The van der Waals surface area contributed by atoms with Gasteiger partial charge in [0.05, 0.1) is 73.2 Å². The summed E-state index contributed by atoms with van der Waals surface area (Å²) in [6, 6.07) is 75.2. The number of para-hydroxylation sites is 7. The summed E-state index contributed by atoms with van der Waals surface area (Å²) in [6.07, 6.45) is 15.7. The van der Waals surface area contributed by atoms with Crippen molar-refractivity contribution in [1.82, 2.24) is 53.2 Å². The number of imidazole rings is 4. The van der Waals surface area contributed by atoms with Gasteiger partial charge in [0.2, 0.25) is 22.8 Å². The molecule has 22 rings (SSSR count). The second-order valence-electron chi connectivity index (χ2n) is 31.4. The average molecular weight is 1570 g/mol. The van der Waals surface area contributed by atoms with Gasteiger partial charge in [-0.3, -0.25) is 15.0 Å². The van der Waals surface area contributed by atoms with E-state index in [4.69, 9.17) is 33.2 Å². The maximum absolute atomic E-state index is 6.41. The summed E-state index contributed by atoms with van der Waals surface area (Å²) >= 11 is 0. The first kappa shape index (κ1) is 75.2. The molecule has 120 heavy (non-hydrogen) atoms. The maximum Gasteiger partial charge on any atom is 0.216 e. The summed E-state index contributed by atoms with van der Waals surface area (Å²) in [4.78, 5) is 33.1. The summed E-state index contributed by atoms with van der Waals surface area (Å²) < 4.78 is 36.4. The maximum atomic E-state index is 6.41. The van der Waals surface area contributed by atoms with Crippen molar-refractivity contribution in [2.24, 2.45) is 56.4 Å². The van der Waals surface area contributed by atoms with Crippen LogP contribution in [0.5, 0.6) is 0 Å². The molecule has 14 heterocycles. The van der Waals surface area contributed by atoms with Crippen molar-refractivity contribution in [3.8, 4) is 90.6 Å². The summed E-state index contributed by atoms with van der Waals surface area (Å²) in [6.45, 7) is 14.8. The molecule has 0 aliphatic rings. The molecule has 22 aromatic rings. The van der Waals surface area contributed by atoms with Crippen LogP contribution in [-0.4, -0.2) is 53.2 Å². The van der Waals surface area contributed by atoms with E-state index >= 15 is 0 Å². The van der Waals surface area contributed by atoms with Gasteiger partial charge in [0.15, 0.2) is 36.0 Å². The summed E-state index contributed by atoms with van der Waals surface area (Å²) in [7, 11) is 16.6. The Labute approximate surface area is 693 Å². The van der Waals surface area contributed by atoms with Crippen LogP contribution in [0.2, 0.25) is 0 Å². The molecule has 0 saturated carbocycles. The number of nitrogens with zero attached hydrogens (tertiary/aromatic N) is 15. The van der Waals surface area contributed by atoms with Crippen LogP contribution < -0.4 is 18.3 Å². The number of rotatable bonds is 8. The van der Waals surface area contributed by atoms with Gasteiger partial charge >= 0.3 is 0 Å². The van der Waals surface area contributed by atoms with Crippen molar-refractivity contribution in [3.05, 3.63) is 307 Å². The lowest BCUT2D eigenvalue weighted by Crippen LogP contribution is -2.30. The molecule has 0 aliphatic heterocycles. The molecule has 8 aromatic carbocycles. The van der Waals surface area contributed by atoms with Gasteiger partial charge in [0.1, 0.15) is 73.8 Å². The number of furan rings is 3. The van der Waals surface area contributed by atoms with Crippen LogP contribution in [0.15, 0.2) is 281 Å². The van der Waals surface area contributed by atoms with Crippen molar-refractivity contribution < 1.29 is 31.5 Å². The molecule has 0 N–H and O–H groups in total. The first-order valence-corrected chi connectivity index (χ1v) is 40.3. The third kappa shape index (κ3) is 12.7. The predicted molar refractivity (Wildman–Crippen MR) is 479 cm³/mol. The van der Waals surface area contributed by atoms with Crippen LogP contribution in [0, 0.1) is 48.5 Å². The van der Waals surface area contributed by atoms with Crippen LogP contribution in [0.1, 0.15) is 39.2 Å². The molecular weight excluding hydrogens is 1480 g/mol. The molecule has 0 bridgehead atoms. The van der Waals surface area contributed by atoms with E-state index in [0.717, 1.165) is 195 Å². The Kier molecular flexibility index (Phi) is 18.8. The predicted octanol–water partition coefficient (Wildman–Crippen LogP) is 21.0. The topological polar surface area (TPSA) is 165 Å². The molecule has 0 fully saturated rings. The molecule has 14 aromatic heterocycles. The Hall–Kier alpha value is -14.9. The molecule has 18 nitrogen and oxygen atoms in total. The Morgan fingerprint density at radius 1 is 0.300 bits per heavy atom. The highest BCUT2D eigenvalue weighted by atomic mass is 16.3. The molecule has 0 atom stereocenters. The molecular formula is C102H89N15O3+4. The van der Waals surface area contributed by atoms with Crippen molar-refractivity contribution >= 4 is 110 Å². The highest BCUT2D eigenvalue weighted by molar-refractivity contribution is 6.16. The molecule has 0 amide bonds. The highest BCUT2D eigenvalue weighted by Crippen LogP contribution is 2.47. The number of aryl methyl sites for hydroxylation is 11. The van der Waals surface area contributed by atoms with Gasteiger partial charge in [0.25, 0.3) is 0 Å². The van der Waals surface area contributed by atoms with E-state index in [1.807, 2.05) is 93.1 Å². The molecule has 0 saturated heterocycles. The number of hydrogen-bond acceptors (Lipinski definition) is 10. The Bertz CT molecular complexity index is 7900. The van der Waals surface area contributed by atoms with Gasteiger partial charge in [-0.2, -0.15) is 0 Å². The van der Waals surface area contributed by atoms with E-state index in [1.165, 1.54) is 44.6 Å². The highest BCUT2D eigenvalue weighted by Gasteiger charge is 2.30. The van der Waals surface area contributed by atoms with E-state index < -0.39 is 0 Å². The van der Waals surface area contributed by atoms with Crippen molar-refractivity contribution in [3.63, 3.8) is 0 Å². The number of aromatic nitrogens is 15. The fourth-order valence-electron chi connectivity index (χ4n) is 17.8. The van der Waals surface area contributed by atoms with Crippen LogP contribution in [0.25, 0.3) is 201 Å². The standard InChI is InChI=1S/2C27H23N4O.C26H21N4O.C22H22N3/c1-16-13-23-19(15-28-16)26-24(32-23)14-18(17(2)25(26)22-11-7-8-12-30(22)3)27-29-20-9-5-6-10-21(20)31(27)4;1-16-13-19-20-14-18(27-29-21-9-5-6-10-22(21)31(27)4)17(2)25(23-11-7-8-12-30(23)3)26(20)32-24(19)15-28-16;1-16-18(26-28-19-8-4-5-9-20(19)30(26)3)14-22-25(17-11-12-27-15-23(17)31-22)24(16)21-10-6-7-13-29(21)2;1-15-9-7-12-19-21(15)25(4)22(23-19)18-11-8-10-17(16(18)2)20-13-5-6-14-24(20)3/h2*5-15H,1-4H3;4-15H,1-3H3;5-14H,1-4H3/q4*+1. The lowest BCUT2D eigenvalue weighted by molar-refractivity contribution is -0.660. The number of pyridine rings is 7. The first-order valence-electron chi connectivity index (χ1n) is 40.3.